The molecule has 3 aliphatic carbocycles. The van der Waals surface area contributed by atoms with Crippen molar-refractivity contribution in [3.8, 4) is 0 Å². The Labute approximate surface area is 89.4 Å². The summed E-state index contributed by atoms with van der Waals surface area (Å²) in [5.41, 5.74) is 0.637. The van der Waals surface area contributed by atoms with Crippen molar-refractivity contribution < 1.29 is 0 Å². The lowest BCUT2D eigenvalue weighted by molar-refractivity contribution is -0.0985. The van der Waals surface area contributed by atoms with Gasteiger partial charge in [-0.15, -0.1) is 6.58 Å². The fraction of sp³-hybridized carbons (Fsp3) is 0.846. The lowest BCUT2D eigenvalue weighted by Gasteiger charge is -2.62. The molecule has 0 unspecified atom stereocenters. The smallest absolute Gasteiger partial charge is 0.104 e. The van der Waals surface area contributed by atoms with Gasteiger partial charge in [-0.1, -0.05) is 45.4 Å². The molecule has 4 atom stereocenters. The first-order chi connectivity index (χ1) is 6.57. The van der Waals surface area contributed by atoms with Gasteiger partial charge in [0, 0.05) is 0 Å². The standard InChI is InChI=1S/C13H22B/c1-5-6-14-12-8-10-7-11(9(12)2)13(10,3)4/h5,9-12H,1,6-8H2,2-4H3/t9-,10+,11-,12-/m0/s1. The predicted molar refractivity (Wildman–Crippen MR) is 63.7 cm³/mol. The molecule has 0 aliphatic heterocycles. The molecule has 0 saturated heterocycles. The lowest BCUT2D eigenvalue weighted by Crippen LogP contribution is -2.54. The van der Waals surface area contributed by atoms with Crippen LogP contribution in [0.4, 0.5) is 0 Å². The zero-order valence-electron chi connectivity index (χ0n) is 9.79. The van der Waals surface area contributed by atoms with E-state index in [2.05, 4.69) is 34.6 Å². The van der Waals surface area contributed by atoms with E-state index >= 15 is 0 Å². The fourth-order valence-electron chi connectivity index (χ4n) is 3.77. The topological polar surface area (TPSA) is 0 Å². The van der Waals surface area contributed by atoms with E-state index in [0.717, 1.165) is 29.9 Å². The molecular weight excluding hydrogens is 167 g/mol. The normalized spacial score (nSPS) is 43.9. The van der Waals surface area contributed by atoms with Crippen LogP contribution in [0.5, 0.6) is 0 Å². The SMILES string of the molecule is C=CC[B][C@H]1C[C@H]2C[C@@H]([C@@H]1C)C2(C)C. The van der Waals surface area contributed by atoms with E-state index in [-0.39, 0.29) is 0 Å². The molecule has 77 valence electrons. The summed E-state index contributed by atoms with van der Waals surface area (Å²) in [7, 11) is 2.49. The van der Waals surface area contributed by atoms with Gasteiger partial charge < -0.3 is 0 Å². The minimum atomic E-state index is 0.637. The van der Waals surface area contributed by atoms with Crippen molar-refractivity contribution >= 4 is 7.28 Å². The largest absolute Gasteiger partial charge is 0.118 e. The zero-order chi connectivity index (χ0) is 10.3. The molecule has 1 radical (unpaired) electrons. The van der Waals surface area contributed by atoms with Crippen LogP contribution in [0.2, 0.25) is 12.1 Å². The molecule has 0 amide bonds. The first kappa shape index (κ1) is 10.3. The Bertz CT molecular complexity index is 231. The van der Waals surface area contributed by atoms with Crippen molar-refractivity contribution in [2.24, 2.45) is 23.2 Å². The van der Waals surface area contributed by atoms with E-state index < -0.39 is 0 Å². The van der Waals surface area contributed by atoms with Gasteiger partial charge in [0.1, 0.15) is 7.28 Å². The molecule has 3 rings (SSSR count). The minimum absolute atomic E-state index is 0.637. The number of fused-ring (bicyclic) bond motifs is 2. The molecule has 0 spiro atoms. The summed E-state index contributed by atoms with van der Waals surface area (Å²) in [6, 6.07) is 0. The molecular formula is C13H22B. The molecule has 3 fully saturated rings. The van der Waals surface area contributed by atoms with Crippen LogP contribution < -0.4 is 0 Å². The number of hydrogen-bond acceptors (Lipinski definition) is 0. The first-order valence-corrected chi connectivity index (χ1v) is 6.01. The van der Waals surface area contributed by atoms with Gasteiger partial charge in [-0.05, 0) is 29.6 Å². The third-order valence-electron chi connectivity index (χ3n) is 5.02. The second-order valence-electron chi connectivity index (χ2n) is 5.88. The van der Waals surface area contributed by atoms with Gasteiger partial charge in [0.15, 0.2) is 0 Å². The summed E-state index contributed by atoms with van der Waals surface area (Å²) < 4.78 is 0. The van der Waals surface area contributed by atoms with Crippen molar-refractivity contribution in [3.05, 3.63) is 12.7 Å². The van der Waals surface area contributed by atoms with E-state index in [0.29, 0.717) is 5.41 Å². The molecule has 0 aromatic heterocycles. The average molecular weight is 189 g/mol. The average Bonchev–Trinajstić information content (AvgIpc) is 2.15. The van der Waals surface area contributed by atoms with Crippen LogP contribution in [0, 0.1) is 23.2 Å². The molecule has 3 aliphatic rings. The van der Waals surface area contributed by atoms with Gasteiger partial charge in [0.05, 0.1) is 0 Å². The highest BCUT2D eigenvalue weighted by molar-refractivity contribution is 6.38. The third kappa shape index (κ3) is 1.36. The van der Waals surface area contributed by atoms with Gasteiger partial charge in [-0.3, -0.25) is 0 Å². The third-order valence-corrected chi connectivity index (χ3v) is 5.02. The van der Waals surface area contributed by atoms with Gasteiger partial charge in [0.25, 0.3) is 0 Å². The van der Waals surface area contributed by atoms with Gasteiger partial charge in [-0.2, -0.15) is 0 Å². The highest BCUT2D eigenvalue weighted by Crippen LogP contribution is 2.64. The molecule has 0 heterocycles. The van der Waals surface area contributed by atoms with Crippen LogP contribution in [0.1, 0.15) is 33.6 Å². The van der Waals surface area contributed by atoms with Crippen molar-refractivity contribution in [1.29, 1.82) is 0 Å². The molecule has 1 heteroatoms. The quantitative estimate of drug-likeness (QED) is 0.468. The molecule has 2 bridgehead atoms. The van der Waals surface area contributed by atoms with Gasteiger partial charge >= 0.3 is 0 Å². The predicted octanol–water partition coefficient (Wildman–Crippen LogP) is 3.79. The van der Waals surface area contributed by atoms with E-state index in [4.69, 9.17) is 0 Å². The van der Waals surface area contributed by atoms with E-state index in [1.807, 2.05) is 6.08 Å². The van der Waals surface area contributed by atoms with Crippen LogP contribution in [0.25, 0.3) is 0 Å². The van der Waals surface area contributed by atoms with Gasteiger partial charge in [-0.25, -0.2) is 0 Å². The number of allylic oxidation sites excluding steroid dienone is 1. The van der Waals surface area contributed by atoms with E-state index in [9.17, 15) is 0 Å². The molecule has 14 heavy (non-hydrogen) atoms. The molecule has 0 nitrogen and oxygen atoms in total. The lowest BCUT2D eigenvalue weighted by atomic mass is 9.37. The van der Waals surface area contributed by atoms with Crippen LogP contribution in [-0.2, 0) is 0 Å². The van der Waals surface area contributed by atoms with Crippen LogP contribution in [-0.4, -0.2) is 7.28 Å². The Morgan fingerprint density at radius 3 is 2.64 bits per heavy atom. The van der Waals surface area contributed by atoms with Crippen molar-refractivity contribution in [3.63, 3.8) is 0 Å². The summed E-state index contributed by atoms with van der Waals surface area (Å²) in [6.07, 6.45) is 6.04. The van der Waals surface area contributed by atoms with E-state index in [1.165, 1.54) is 12.8 Å². The van der Waals surface area contributed by atoms with Crippen LogP contribution >= 0.6 is 0 Å². The second kappa shape index (κ2) is 3.43. The monoisotopic (exact) mass is 189 g/mol. The van der Waals surface area contributed by atoms with Crippen molar-refractivity contribution in [1.82, 2.24) is 0 Å². The minimum Gasteiger partial charge on any atom is -0.104 e. The highest BCUT2D eigenvalue weighted by atomic mass is 14.6. The Kier molecular flexibility index (Phi) is 2.53. The Balaban J connectivity index is 1.97. The number of rotatable bonds is 3. The maximum absolute atomic E-state index is 3.80. The summed E-state index contributed by atoms with van der Waals surface area (Å²) in [5.74, 6) is 3.74. The molecule has 0 aromatic carbocycles. The van der Waals surface area contributed by atoms with Crippen LogP contribution in [0.3, 0.4) is 0 Å². The van der Waals surface area contributed by atoms with E-state index in [1.54, 1.807) is 0 Å². The summed E-state index contributed by atoms with van der Waals surface area (Å²) in [5, 5.41) is 0. The fourth-order valence-corrected chi connectivity index (χ4v) is 3.77. The zero-order valence-corrected chi connectivity index (χ0v) is 9.79. The molecule has 3 saturated carbocycles. The maximum Gasteiger partial charge on any atom is 0.118 e. The molecule has 0 aromatic rings. The summed E-state index contributed by atoms with van der Waals surface area (Å²) in [6.45, 7) is 11.2. The van der Waals surface area contributed by atoms with Crippen LogP contribution in [0.15, 0.2) is 12.7 Å². The highest BCUT2D eigenvalue weighted by Gasteiger charge is 2.55. The van der Waals surface area contributed by atoms with Crippen molar-refractivity contribution in [2.75, 3.05) is 0 Å². The van der Waals surface area contributed by atoms with Gasteiger partial charge in [0.2, 0.25) is 0 Å². The Morgan fingerprint density at radius 2 is 2.14 bits per heavy atom. The maximum atomic E-state index is 3.80. The summed E-state index contributed by atoms with van der Waals surface area (Å²) in [4.78, 5) is 0. The summed E-state index contributed by atoms with van der Waals surface area (Å²) >= 11 is 0. The van der Waals surface area contributed by atoms with Crippen molar-refractivity contribution in [2.45, 2.75) is 45.8 Å². The Morgan fingerprint density at radius 1 is 1.43 bits per heavy atom. The first-order valence-electron chi connectivity index (χ1n) is 6.01. The molecule has 0 N–H and O–H groups in total. The second-order valence-corrected chi connectivity index (χ2v) is 5.88. The number of hydrogen-bond donors (Lipinski definition) is 0. The Hall–Kier alpha value is -0.195.